The smallest absolute Gasteiger partial charge is 0.319 e. The van der Waals surface area contributed by atoms with Crippen LogP contribution in [0.4, 0.5) is 16.2 Å². The van der Waals surface area contributed by atoms with Crippen molar-refractivity contribution in [3.63, 3.8) is 0 Å². The largest absolute Gasteiger partial charge is 0.368 e. The summed E-state index contributed by atoms with van der Waals surface area (Å²) in [5, 5.41) is 10.6. The van der Waals surface area contributed by atoms with Crippen molar-refractivity contribution in [2.75, 3.05) is 37.9 Å². The van der Waals surface area contributed by atoms with Gasteiger partial charge in [-0.15, -0.1) is 11.3 Å². The fraction of sp³-hybridized carbons (Fsp3) is 0.400. The van der Waals surface area contributed by atoms with Crippen LogP contribution in [-0.2, 0) is 9.53 Å². The standard InChI is InChI=1S/C20H26N4O3S/c1-24(2)16(18-6-4-12-28-18)13-21-20(26)23-15-9-7-14(8-10-15)22-19(25)17-5-3-11-27-17/h4,6-10,12,16-17H,3,5,11,13H2,1-2H3,(H,22,25)(H2,21,23,26)/t16-,17+/m0/s1. The molecule has 1 aliphatic heterocycles. The highest BCUT2D eigenvalue weighted by Crippen LogP contribution is 2.22. The first-order valence-corrected chi connectivity index (χ1v) is 10.2. The number of thiophene rings is 1. The average molecular weight is 403 g/mol. The molecule has 2 aromatic rings. The summed E-state index contributed by atoms with van der Waals surface area (Å²) in [5.41, 5.74) is 1.34. The van der Waals surface area contributed by atoms with Gasteiger partial charge >= 0.3 is 6.03 Å². The number of nitrogens with one attached hydrogen (secondary N) is 3. The molecule has 1 aromatic heterocycles. The van der Waals surface area contributed by atoms with E-state index in [1.807, 2.05) is 25.5 Å². The van der Waals surface area contributed by atoms with Crippen molar-refractivity contribution in [3.8, 4) is 0 Å². The summed E-state index contributed by atoms with van der Waals surface area (Å²) in [5.74, 6) is -0.126. The van der Waals surface area contributed by atoms with E-state index in [-0.39, 0.29) is 24.1 Å². The molecule has 3 rings (SSSR count). The second kappa shape index (κ2) is 9.68. The van der Waals surface area contributed by atoms with Crippen LogP contribution in [0.2, 0.25) is 0 Å². The molecule has 150 valence electrons. The number of hydrogen-bond acceptors (Lipinski definition) is 5. The van der Waals surface area contributed by atoms with E-state index in [4.69, 9.17) is 4.74 Å². The van der Waals surface area contributed by atoms with E-state index in [9.17, 15) is 9.59 Å². The minimum absolute atomic E-state index is 0.126. The number of rotatable bonds is 7. The molecular weight excluding hydrogens is 376 g/mol. The Hall–Kier alpha value is -2.42. The molecule has 3 amide bonds. The van der Waals surface area contributed by atoms with Crippen LogP contribution in [0.15, 0.2) is 41.8 Å². The third-order valence-corrected chi connectivity index (χ3v) is 5.56. The van der Waals surface area contributed by atoms with Gasteiger partial charge in [-0.3, -0.25) is 4.79 Å². The van der Waals surface area contributed by atoms with E-state index in [0.717, 1.165) is 12.8 Å². The number of likely N-dealkylation sites (N-methyl/N-ethyl adjacent to an activating group) is 1. The van der Waals surface area contributed by atoms with Crippen LogP contribution in [0.5, 0.6) is 0 Å². The molecule has 3 N–H and O–H groups in total. The van der Waals surface area contributed by atoms with Gasteiger partial charge in [-0.25, -0.2) is 4.79 Å². The highest BCUT2D eigenvalue weighted by Gasteiger charge is 2.23. The highest BCUT2D eigenvalue weighted by molar-refractivity contribution is 7.10. The summed E-state index contributed by atoms with van der Waals surface area (Å²) < 4.78 is 5.37. The van der Waals surface area contributed by atoms with Crippen molar-refractivity contribution in [2.24, 2.45) is 0 Å². The Labute approximate surface area is 169 Å². The predicted molar refractivity (Wildman–Crippen MR) is 112 cm³/mol. The number of hydrogen-bond donors (Lipinski definition) is 3. The SMILES string of the molecule is CN(C)[C@@H](CNC(=O)Nc1ccc(NC(=O)[C@H]2CCCO2)cc1)c1cccs1. The summed E-state index contributed by atoms with van der Waals surface area (Å²) in [7, 11) is 3.99. The lowest BCUT2D eigenvalue weighted by atomic mass is 10.2. The second-order valence-electron chi connectivity index (χ2n) is 6.90. The number of ether oxygens (including phenoxy) is 1. The third-order valence-electron chi connectivity index (χ3n) is 4.58. The topological polar surface area (TPSA) is 82.7 Å². The molecule has 2 heterocycles. The van der Waals surface area contributed by atoms with Crippen LogP contribution in [0.25, 0.3) is 0 Å². The lowest BCUT2D eigenvalue weighted by Crippen LogP contribution is -2.36. The van der Waals surface area contributed by atoms with Gasteiger partial charge in [0.15, 0.2) is 0 Å². The average Bonchev–Trinajstić information content (AvgIpc) is 3.37. The Morgan fingerprint density at radius 3 is 2.46 bits per heavy atom. The van der Waals surface area contributed by atoms with E-state index in [0.29, 0.717) is 24.5 Å². The zero-order valence-corrected chi connectivity index (χ0v) is 16.9. The number of nitrogens with zero attached hydrogens (tertiary/aromatic N) is 1. The summed E-state index contributed by atoms with van der Waals surface area (Å²) in [4.78, 5) is 27.6. The van der Waals surface area contributed by atoms with E-state index in [2.05, 4.69) is 26.9 Å². The molecule has 2 atom stereocenters. The van der Waals surface area contributed by atoms with Gasteiger partial charge in [0.05, 0.1) is 6.04 Å². The van der Waals surface area contributed by atoms with Gasteiger partial charge in [-0.1, -0.05) is 6.07 Å². The summed E-state index contributed by atoms with van der Waals surface area (Å²) >= 11 is 1.67. The maximum Gasteiger partial charge on any atom is 0.319 e. The van der Waals surface area contributed by atoms with Crippen molar-refractivity contribution >= 4 is 34.6 Å². The van der Waals surface area contributed by atoms with E-state index in [1.54, 1.807) is 35.6 Å². The molecule has 7 nitrogen and oxygen atoms in total. The third kappa shape index (κ3) is 5.54. The second-order valence-corrected chi connectivity index (χ2v) is 7.88. The normalized spacial score (nSPS) is 17.3. The molecule has 1 saturated heterocycles. The lowest BCUT2D eigenvalue weighted by molar-refractivity contribution is -0.124. The van der Waals surface area contributed by atoms with Crippen molar-refractivity contribution in [3.05, 3.63) is 46.7 Å². The zero-order chi connectivity index (χ0) is 19.9. The Kier molecular flexibility index (Phi) is 7.02. The maximum absolute atomic E-state index is 12.2. The molecule has 1 fully saturated rings. The molecule has 8 heteroatoms. The van der Waals surface area contributed by atoms with Gasteiger partial charge in [-0.2, -0.15) is 0 Å². The van der Waals surface area contributed by atoms with Crippen molar-refractivity contribution in [1.29, 1.82) is 0 Å². The minimum atomic E-state index is -0.364. The monoisotopic (exact) mass is 402 g/mol. The first kappa shape index (κ1) is 20.3. The quantitative estimate of drug-likeness (QED) is 0.664. The molecule has 1 aliphatic rings. The fourth-order valence-corrected chi connectivity index (χ4v) is 3.95. The van der Waals surface area contributed by atoms with Crippen molar-refractivity contribution in [2.45, 2.75) is 25.0 Å². The first-order valence-electron chi connectivity index (χ1n) is 9.30. The molecule has 1 aromatic carbocycles. The van der Waals surface area contributed by atoms with Crippen molar-refractivity contribution in [1.82, 2.24) is 10.2 Å². The Morgan fingerprint density at radius 1 is 1.18 bits per heavy atom. The number of carbonyl (C=O) groups excluding carboxylic acids is 2. The van der Waals surface area contributed by atoms with Crippen molar-refractivity contribution < 1.29 is 14.3 Å². The number of anilines is 2. The first-order chi connectivity index (χ1) is 13.5. The van der Waals surface area contributed by atoms with Gasteiger partial charge in [0.1, 0.15) is 6.10 Å². The molecule has 0 unspecified atom stereocenters. The van der Waals surface area contributed by atoms with Gasteiger partial charge in [0.25, 0.3) is 5.91 Å². The summed E-state index contributed by atoms with van der Waals surface area (Å²) in [6.45, 7) is 1.14. The van der Waals surface area contributed by atoms with Crippen LogP contribution < -0.4 is 16.0 Å². The molecule has 0 spiro atoms. The Morgan fingerprint density at radius 2 is 1.89 bits per heavy atom. The van der Waals surface area contributed by atoms with Crippen LogP contribution in [0.3, 0.4) is 0 Å². The van der Waals surface area contributed by atoms with Gasteiger partial charge in [-0.05, 0) is 62.6 Å². The van der Waals surface area contributed by atoms with Crippen LogP contribution >= 0.6 is 11.3 Å². The summed E-state index contributed by atoms with van der Waals surface area (Å²) in [6.07, 6.45) is 1.30. The molecule has 28 heavy (non-hydrogen) atoms. The summed E-state index contributed by atoms with van der Waals surface area (Å²) in [6, 6.07) is 11.0. The molecule has 0 saturated carbocycles. The number of amides is 3. The number of benzene rings is 1. The predicted octanol–water partition coefficient (Wildman–Crippen LogP) is 3.29. The number of carbonyl (C=O) groups is 2. The Bertz CT molecular complexity index is 771. The minimum Gasteiger partial charge on any atom is -0.368 e. The van der Waals surface area contributed by atoms with Crippen LogP contribution in [0, 0.1) is 0 Å². The molecule has 0 aliphatic carbocycles. The van der Waals surface area contributed by atoms with E-state index in [1.165, 1.54) is 4.88 Å². The van der Waals surface area contributed by atoms with Gasteiger partial charge < -0.3 is 25.6 Å². The maximum atomic E-state index is 12.2. The van der Waals surface area contributed by atoms with Crippen LogP contribution in [0.1, 0.15) is 23.8 Å². The fourth-order valence-electron chi connectivity index (χ4n) is 3.03. The van der Waals surface area contributed by atoms with Gasteiger partial charge in [0.2, 0.25) is 0 Å². The lowest BCUT2D eigenvalue weighted by Gasteiger charge is -2.23. The Balaban J connectivity index is 1.48. The zero-order valence-electron chi connectivity index (χ0n) is 16.1. The van der Waals surface area contributed by atoms with Crippen LogP contribution in [-0.4, -0.2) is 50.2 Å². The van der Waals surface area contributed by atoms with Gasteiger partial charge in [0, 0.05) is 29.4 Å². The molecule has 0 bridgehead atoms. The molecular formula is C20H26N4O3S. The van der Waals surface area contributed by atoms with E-state index < -0.39 is 0 Å². The van der Waals surface area contributed by atoms with E-state index >= 15 is 0 Å². The number of urea groups is 1. The molecule has 0 radical (unpaired) electrons. The highest BCUT2D eigenvalue weighted by atomic mass is 32.1.